The molecule has 0 heterocycles. The number of rotatable bonds is 3. The molecule has 2 heteroatoms. The van der Waals surface area contributed by atoms with Crippen molar-refractivity contribution >= 4 is 5.69 Å². The highest BCUT2D eigenvalue weighted by molar-refractivity contribution is 5.48. The highest BCUT2D eigenvalue weighted by atomic mass is 16.3. The summed E-state index contributed by atoms with van der Waals surface area (Å²) >= 11 is 0. The average Bonchev–Trinajstić information content (AvgIpc) is 2.30. The van der Waals surface area contributed by atoms with E-state index in [4.69, 9.17) is 0 Å². The molecule has 17 heavy (non-hydrogen) atoms. The number of nitrogens with one attached hydrogen (secondary N) is 1. The van der Waals surface area contributed by atoms with E-state index >= 15 is 0 Å². The van der Waals surface area contributed by atoms with Crippen molar-refractivity contribution in [2.75, 3.05) is 5.32 Å². The summed E-state index contributed by atoms with van der Waals surface area (Å²) in [7, 11) is 0. The van der Waals surface area contributed by atoms with Gasteiger partial charge in [-0.25, -0.2) is 0 Å². The second-order valence-electron chi connectivity index (χ2n) is 4.33. The molecule has 0 fully saturated rings. The van der Waals surface area contributed by atoms with Gasteiger partial charge in [0, 0.05) is 18.3 Å². The zero-order chi connectivity index (χ0) is 12.3. The molecule has 0 atom stereocenters. The number of hydrogen-bond acceptors (Lipinski definition) is 2. The van der Waals surface area contributed by atoms with Gasteiger partial charge in [0.25, 0.3) is 0 Å². The van der Waals surface area contributed by atoms with Crippen molar-refractivity contribution in [2.45, 2.75) is 20.4 Å². The topological polar surface area (TPSA) is 32.3 Å². The van der Waals surface area contributed by atoms with E-state index in [1.165, 1.54) is 16.7 Å². The molecule has 2 nitrogen and oxygen atoms in total. The van der Waals surface area contributed by atoms with Gasteiger partial charge in [0.15, 0.2) is 0 Å². The number of anilines is 1. The van der Waals surface area contributed by atoms with Gasteiger partial charge in [-0.1, -0.05) is 29.8 Å². The molecule has 0 spiro atoms. The molecule has 2 rings (SSSR count). The molecule has 2 aromatic rings. The van der Waals surface area contributed by atoms with Crippen LogP contribution in [0.2, 0.25) is 0 Å². The summed E-state index contributed by atoms with van der Waals surface area (Å²) in [6.07, 6.45) is 0. The molecule has 2 aromatic carbocycles. The molecule has 0 aliphatic rings. The summed E-state index contributed by atoms with van der Waals surface area (Å²) in [5, 5.41) is 12.7. The Morgan fingerprint density at radius 3 is 2.65 bits per heavy atom. The molecule has 0 unspecified atom stereocenters. The van der Waals surface area contributed by atoms with E-state index in [0.29, 0.717) is 0 Å². The van der Waals surface area contributed by atoms with Crippen molar-refractivity contribution in [1.29, 1.82) is 0 Å². The van der Waals surface area contributed by atoms with Gasteiger partial charge in [-0.05, 0) is 37.1 Å². The third-order valence-electron chi connectivity index (χ3n) is 2.83. The Kier molecular flexibility index (Phi) is 3.33. The highest BCUT2D eigenvalue weighted by Gasteiger charge is 1.99. The first-order valence-corrected chi connectivity index (χ1v) is 5.74. The first-order chi connectivity index (χ1) is 8.15. The summed E-state index contributed by atoms with van der Waals surface area (Å²) < 4.78 is 0. The van der Waals surface area contributed by atoms with Crippen LogP contribution in [0.4, 0.5) is 5.69 Å². The maximum atomic E-state index is 9.37. The number of phenolic OH excluding ortho intramolecular Hbond substituents is 1. The zero-order valence-corrected chi connectivity index (χ0v) is 10.2. The Hall–Kier alpha value is -1.96. The van der Waals surface area contributed by atoms with Gasteiger partial charge in [-0.3, -0.25) is 0 Å². The standard InChI is InChI=1S/C15H17NO/c1-11-6-7-12(2)13(8-11)10-16-14-4-3-5-15(17)9-14/h3-9,16-17H,10H2,1-2H3. The van der Waals surface area contributed by atoms with Gasteiger partial charge >= 0.3 is 0 Å². The molecule has 0 aliphatic carbocycles. The van der Waals surface area contributed by atoms with Gasteiger partial charge in [0.2, 0.25) is 0 Å². The van der Waals surface area contributed by atoms with E-state index in [2.05, 4.69) is 37.4 Å². The van der Waals surface area contributed by atoms with Crippen LogP contribution in [0.3, 0.4) is 0 Å². The van der Waals surface area contributed by atoms with E-state index in [-0.39, 0.29) is 5.75 Å². The number of hydrogen-bond donors (Lipinski definition) is 2. The predicted molar refractivity (Wildman–Crippen MR) is 71.3 cm³/mol. The van der Waals surface area contributed by atoms with Crippen molar-refractivity contribution in [3.63, 3.8) is 0 Å². The van der Waals surface area contributed by atoms with Crippen molar-refractivity contribution in [2.24, 2.45) is 0 Å². The van der Waals surface area contributed by atoms with Crippen molar-refractivity contribution in [3.05, 3.63) is 59.2 Å². The third-order valence-corrected chi connectivity index (χ3v) is 2.83. The van der Waals surface area contributed by atoms with Gasteiger partial charge in [0.1, 0.15) is 5.75 Å². The molecule has 0 amide bonds. The lowest BCUT2D eigenvalue weighted by atomic mass is 10.1. The van der Waals surface area contributed by atoms with E-state index in [1.54, 1.807) is 12.1 Å². The summed E-state index contributed by atoms with van der Waals surface area (Å²) in [5.41, 5.74) is 4.77. The monoisotopic (exact) mass is 227 g/mol. The van der Waals surface area contributed by atoms with Gasteiger partial charge < -0.3 is 10.4 Å². The lowest BCUT2D eigenvalue weighted by Gasteiger charge is -2.10. The Morgan fingerprint density at radius 1 is 1.06 bits per heavy atom. The first-order valence-electron chi connectivity index (χ1n) is 5.74. The largest absolute Gasteiger partial charge is 0.508 e. The molecule has 0 saturated heterocycles. The average molecular weight is 227 g/mol. The minimum absolute atomic E-state index is 0.288. The predicted octanol–water partition coefficient (Wildman–Crippen LogP) is 3.62. The number of phenols is 1. The SMILES string of the molecule is Cc1ccc(C)c(CNc2cccc(O)c2)c1. The Morgan fingerprint density at radius 2 is 1.88 bits per heavy atom. The lowest BCUT2D eigenvalue weighted by Crippen LogP contribution is -2.01. The van der Waals surface area contributed by atoms with Crippen LogP contribution >= 0.6 is 0 Å². The van der Waals surface area contributed by atoms with E-state index in [0.717, 1.165) is 12.2 Å². The normalized spacial score (nSPS) is 10.2. The fraction of sp³-hybridized carbons (Fsp3) is 0.200. The molecule has 0 bridgehead atoms. The van der Waals surface area contributed by atoms with Gasteiger partial charge in [-0.2, -0.15) is 0 Å². The van der Waals surface area contributed by atoms with Crippen LogP contribution < -0.4 is 5.32 Å². The lowest BCUT2D eigenvalue weighted by molar-refractivity contribution is 0.475. The maximum absolute atomic E-state index is 9.37. The summed E-state index contributed by atoms with van der Waals surface area (Å²) in [6, 6.07) is 13.6. The van der Waals surface area contributed by atoms with Crippen LogP contribution in [0.25, 0.3) is 0 Å². The molecular formula is C15H17NO. The second-order valence-corrected chi connectivity index (χ2v) is 4.33. The second kappa shape index (κ2) is 4.91. The summed E-state index contributed by atoms with van der Waals surface area (Å²) in [4.78, 5) is 0. The molecular weight excluding hydrogens is 210 g/mol. The minimum atomic E-state index is 0.288. The van der Waals surface area contributed by atoms with Crippen molar-refractivity contribution < 1.29 is 5.11 Å². The molecule has 2 N–H and O–H groups in total. The van der Waals surface area contributed by atoms with Crippen LogP contribution in [0.15, 0.2) is 42.5 Å². The fourth-order valence-electron chi connectivity index (χ4n) is 1.80. The minimum Gasteiger partial charge on any atom is -0.508 e. The van der Waals surface area contributed by atoms with Crippen molar-refractivity contribution in [3.8, 4) is 5.75 Å². The van der Waals surface area contributed by atoms with E-state index in [1.807, 2.05) is 12.1 Å². The molecule has 0 aromatic heterocycles. The van der Waals surface area contributed by atoms with Crippen LogP contribution in [-0.4, -0.2) is 5.11 Å². The molecule has 0 radical (unpaired) electrons. The number of benzene rings is 2. The third kappa shape index (κ3) is 3.00. The first kappa shape index (κ1) is 11.5. The van der Waals surface area contributed by atoms with Gasteiger partial charge in [-0.15, -0.1) is 0 Å². The van der Waals surface area contributed by atoms with E-state index < -0.39 is 0 Å². The van der Waals surface area contributed by atoms with Crippen LogP contribution in [0.5, 0.6) is 5.75 Å². The highest BCUT2D eigenvalue weighted by Crippen LogP contribution is 2.17. The van der Waals surface area contributed by atoms with Crippen LogP contribution in [0, 0.1) is 13.8 Å². The van der Waals surface area contributed by atoms with Crippen LogP contribution in [-0.2, 0) is 6.54 Å². The Balaban J connectivity index is 2.09. The molecule has 88 valence electrons. The summed E-state index contributed by atoms with van der Waals surface area (Å²) in [5.74, 6) is 0.288. The number of aromatic hydroxyl groups is 1. The Bertz CT molecular complexity index is 520. The smallest absolute Gasteiger partial charge is 0.117 e. The summed E-state index contributed by atoms with van der Waals surface area (Å²) in [6.45, 7) is 4.98. The van der Waals surface area contributed by atoms with Gasteiger partial charge in [0.05, 0.1) is 0 Å². The molecule has 0 aliphatic heterocycles. The fourth-order valence-corrected chi connectivity index (χ4v) is 1.80. The zero-order valence-electron chi connectivity index (χ0n) is 10.2. The van der Waals surface area contributed by atoms with Crippen LogP contribution in [0.1, 0.15) is 16.7 Å². The Labute approximate surface area is 102 Å². The van der Waals surface area contributed by atoms with Crippen molar-refractivity contribution in [1.82, 2.24) is 0 Å². The quantitative estimate of drug-likeness (QED) is 0.839. The molecule has 0 saturated carbocycles. The van der Waals surface area contributed by atoms with E-state index in [9.17, 15) is 5.11 Å². The maximum Gasteiger partial charge on any atom is 0.117 e. The number of aryl methyl sites for hydroxylation is 2.